The second kappa shape index (κ2) is 8.82. The summed E-state index contributed by atoms with van der Waals surface area (Å²) < 4.78 is 0. The Balaban J connectivity index is 1.54. The van der Waals surface area contributed by atoms with Gasteiger partial charge in [0.2, 0.25) is 0 Å². The van der Waals surface area contributed by atoms with Gasteiger partial charge in [0, 0.05) is 49.3 Å². The van der Waals surface area contributed by atoms with Gasteiger partial charge >= 0.3 is 0 Å². The summed E-state index contributed by atoms with van der Waals surface area (Å²) in [4.78, 5) is 16.3. The zero-order chi connectivity index (χ0) is 19.3. The summed E-state index contributed by atoms with van der Waals surface area (Å²) in [6.45, 7) is 12.4. The Labute approximate surface area is 165 Å². The third-order valence-corrected chi connectivity index (χ3v) is 5.77. The lowest BCUT2D eigenvalue weighted by Gasteiger charge is -2.33. The van der Waals surface area contributed by atoms with Crippen LogP contribution in [0.4, 0.5) is 0 Å². The SMILES string of the molecule is CCNC(=NCCc1nc(C(C)(C)C)cs1)N1CCC(c2ncn[nH]2)CC1. The Morgan fingerprint density at radius 1 is 1.37 bits per heavy atom. The molecule has 2 aromatic rings. The molecule has 0 amide bonds. The van der Waals surface area contributed by atoms with Crippen molar-refractivity contribution in [1.29, 1.82) is 0 Å². The number of piperidine rings is 1. The lowest BCUT2D eigenvalue weighted by Crippen LogP contribution is -2.45. The molecule has 8 heteroatoms. The number of likely N-dealkylation sites (tertiary alicyclic amines) is 1. The Hall–Kier alpha value is -1.96. The number of hydrogen-bond donors (Lipinski definition) is 2. The van der Waals surface area contributed by atoms with Crippen molar-refractivity contribution in [3.8, 4) is 0 Å². The number of hydrogen-bond acceptors (Lipinski definition) is 5. The van der Waals surface area contributed by atoms with Gasteiger partial charge in [-0.15, -0.1) is 11.3 Å². The van der Waals surface area contributed by atoms with Crippen molar-refractivity contribution >= 4 is 17.3 Å². The molecule has 0 radical (unpaired) electrons. The van der Waals surface area contributed by atoms with E-state index in [2.05, 4.69) is 58.5 Å². The van der Waals surface area contributed by atoms with Crippen LogP contribution in [-0.2, 0) is 11.8 Å². The maximum atomic E-state index is 4.85. The molecule has 2 aromatic heterocycles. The van der Waals surface area contributed by atoms with Crippen molar-refractivity contribution in [1.82, 2.24) is 30.4 Å². The third-order valence-electron chi connectivity index (χ3n) is 4.86. The summed E-state index contributed by atoms with van der Waals surface area (Å²) in [5.74, 6) is 2.49. The van der Waals surface area contributed by atoms with Gasteiger partial charge in [0.25, 0.3) is 0 Å². The van der Waals surface area contributed by atoms with Crippen molar-refractivity contribution in [2.24, 2.45) is 4.99 Å². The maximum Gasteiger partial charge on any atom is 0.193 e. The molecule has 0 atom stereocenters. The maximum absolute atomic E-state index is 4.85. The van der Waals surface area contributed by atoms with E-state index in [0.29, 0.717) is 5.92 Å². The minimum Gasteiger partial charge on any atom is -0.357 e. The van der Waals surface area contributed by atoms with Gasteiger partial charge in [-0.05, 0) is 19.8 Å². The van der Waals surface area contributed by atoms with Gasteiger partial charge in [0.05, 0.1) is 10.7 Å². The number of aromatic amines is 1. The fourth-order valence-electron chi connectivity index (χ4n) is 3.23. The van der Waals surface area contributed by atoms with Crippen molar-refractivity contribution < 1.29 is 0 Å². The first kappa shape index (κ1) is 19.8. The van der Waals surface area contributed by atoms with Crippen LogP contribution in [0.3, 0.4) is 0 Å². The zero-order valence-corrected chi connectivity index (χ0v) is 17.6. The van der Waals surface area contributed by atoms with Crippen LogP contribution in [0, 0.1) is 0 Å². The number of nitrogens with one attached hydrogen (secondary N) is 2. The summed E-state index contributed by atoms with van der Waals surface area (Å²) in [6, 6.07) is 0. The number of thiazole rings is 1. The van der Waals surface area contributed by atoms with Gasteiger partial charge in [-0.1, -0.05) is 20.8 Å². The molecule has 3 heterocycles. The predicted molar refractivity (Wildman–Crippen MR) is 110 cm³/mol. The van der Waals surface area contributed by atoms with Crippen molar-refractivity contribution in [3.05, 3.63) is 28.2 Å². The highest BCUT2D eigenvalue weighted by Crippen LogP contribution is 2.25. The topological polar surface area (TPSA) is 82.1 Å². The van der Waals surface area contributed by atoms with E-state index in [1.165, 1.54) is 10.7 Å². The molecule has 3 rings (SSSR count). The van der Waals surface area contributed by atoms with E-state index in [4.69, 9.17) is 9.98 Å². The van der Waals surface area contributed by atoms with Crippen LogP contribution in [0.25, 0.3) is 0 Å². The fraction of sp³-hybridized carbons (Fsp3) is 0.684. The standard InChI is InChI=1S/C19H31N7S/c1-5-20-18(21-9-6-16-24-15(12-27-16)19(2,3)4)26-10-7-14(8-11-26)17-22-13-23-25-17/h12-14H,5-11H2,1-4H3,(H,20,21)(H,22,23,25). The van der Waals surface area contributed by atoms with E-state index in [-0.39, 0.29) is 5.41 Å². The summed E-state index contributed by atoms with van der Waals surface area (Å²) in [5.41, 5.74) is 1.29. The highest BCUT2D eigenvalue weighted by atomic mass is 32.1. The lowest BCUT2D eigenvalue weighted by molar-refractivity contribution is 0.299. The van der Waals surface area contributed by atoms with Crippen LogP contribution < -0.4 is 5.32 Å². The highest BCUT2D eigenvalue weighted by Gasteiger charge is 2.24. The molecule has 1 aliphatic rings. The summed E-state index contributed by atoms with van der Waals surface area (Å²) in [6.07, 6.45) is 4.63. The van der Waals surface area contributed by atoms with E-state index < -0.39 is 0 Å². The minimum absolute atomic E-state index is 0.112. The van der Waals surface area contributed by atoms with Crippen LogP contribution in [-0.4, -0.2) is 57.2 Å². The van der Waals surface area contributed by atoms with Crippen LogP contribution in [0.15, 0.2) is 16.7 Å². The molecule has 0 saturated carbocycles. The first-order chi connectivity index (χ1) is 13.0. The second-order valence-corrected chi connectivity index (χ2v) is 8.94. The molecule has 1 aliphatic heterocycles. The first-order valence-electron chi connectivity index (χ1n) is 9.80. The lowest BCUT2D eigenvalue weighted by atomic mass is 9.93. The molecule has 0 unspecified atom stereocenters. The average Bonchev–Trinajstić information content (AvgIpc) is 3.33. The molecular weight excluding hydrogens is 358 g/mol. The molecule has 0 aromatic carbocycles. The second-order valence-electron chi connectivity index (χ2n) is 7.99. The molecule has 2 N–H and O–H groups in total. The smallest absolute Gasteiger partial charge is 0.193 e. The van der Waals surface area contributed by atoms with Crippen molar-refractivity contribution in [3.63, 3.8) is 0 Å². The number of aromatic nitrogens is 4. The van der Waals surface area contributed by atoms with Gasteiger partial charge in [-0.2, -0.15) is 5.10 Å². The Morgan fingerprint density at radius 3 is 2.74 bits per heavy atom. The van der Waals surface area contributed by atoms with Gasteiger partial charge < -0.3 is 10.2 Å². The van der Waals surface area contributed by atoms with Gasteiger partial charge in [0.15, 0.2) is 5.96 Å². The predicted octanol–water partition coefficient (Wildman–Crippen LogP) is 2.95. The minimum atomic E-state index is 0.112. The molecule has 148 valence electrons. The molecule has 1 fully saturated rings. The Bertz CT molecular complexity index is 722. The quantitative estimate of drug-likeness (QED) is 0.607. The summed E-state index contributed by atoms with van der Waals surface area (Å²) >= 11 is 1.75. The van der Waals surface area contributed by atoms with Crippen LogP contribution in [0.2, 0.25) is 0 Å². The van der Waals surface area contributed by atoms with E-state index in [1.54, 1.807) is 17.7 Å². The zero-order valence-electron chi connectivity index (χ0n) is 16.8. The number of nitrogens with zero attached hydrogens (tertiary/aromatic N) is 5. The summed E-state index contributed by atoms with van der Waals surface area (Å²) in [7, 11) is 0. The number of aliphatic imine (C=N–C) groups is 1. The van der Waals surface area contributed by atoms with Crippen molar-refractivity contribution in [2.75, 3.05) is 26.2 Å². The van der Waals surface area contributed by atoms with E-state index in [1.807, 2.05) is 0 Å². The number of rotatable bonds is 5. The fourth-order valence-corrected chi connectivity index (χ4v) is 4.24. The molecule has 7 nitrogen and oxygen atoms in total. The molecule has 0 spiro atoms. The molecule has 0 aliphatic carbocycles. The molecule has 0 bridgehead atoms. The molecule has 27 heavy (non-hydrogen) atoms. The van der Waals surface area contributed by atoms with Crippen LogP contribution in [0.1, 0.15) is 63.0 Å². The van der Waals surface area contributed by atoms with Gasteiger partial charge in [0.1, 0.15) is 12.2 Å². The molecule has 1 saturated heterocycles. The van der Waals surface area contributed by atoms with Crippen LogP contribution >= 0.6 is 11.3 Å². The van der Waals surface area contributed by atoms with Gasteiger partial charge in [-0.3, -0.25) is 10.1 Å². The van der Waals surface area contributed by atoms with E-state index in [9.17, 15) is 0 Å². The van der Waals surface area contributed by atoms with E-state index in [0.717, 1.165) is 57.2 Å². The molecular formula is C19H31N7S. The van der Waals surface area contributed by atoms with Gasteiger partial charge in [-0.25, -0.2) is 9.97 Å². The monoisotopic (exact) mass is 389 g/mol. The average molecular weight is 390 g/mol. The van der Waals surface area contributed by atoms with Crippen molar-refractivity contribution in [2.45, 2.75) is 58.3 Å². The Morgan fingerprint density at radius 2 is 2.15 bits per heavy atom. The number of guanidine groups is 1. The third kappa shape index (κ3) is 5.28. The normalized spacial score (nSPS) is 16.7. The van der Waals surface area contributed by atoms with E-state index >= 15 is 0 Å². The first-order valence-corrected chi connectivity index (χ1v) is 10.7. The highest BCUT2D eigenvalue weighted by molar-refractivity contribution is 7.09. The largest absolute Gasteiger partial charge is 0.357 e. The van der Waals surface area contributed by atoms with Crippen LogP contribution in [0.5, 0.6) is 0 Å². The summed E-state index contributed by atoms with van der Waals surface area (Å²) in [5, 5.41) is 13.8. The Kier molecular flexibility index (Phi) is 6.46. The number of H-pyrrole nitrogens is 1.